The van der Waals surface area contributed by atoms with Crippen LogP contribution in [0.4, 0.5) is 13.2 Å². The second-order valence-electron chi connectivity index (χ2n) is 9.44. The minimum absolute atomic E-state index is 0.130. The number of rotatable bonds is 7. The number of thiazole rings is 1. The fourth-order valence-corrected chi connectivity index (χ4v) is 7.35. The lowest BCUT2D eigenvalue weighted by Crippen LogP contribution is -2.10. The third-order valence-corrected chi connectivity index (χ3v) is 9.39. The van der Waals surface area contributed by atoms with Gasteiger partial charge in [0.2, 0.25) is 0 Å². The van der Waals surface area contributed by atoms with Crippen molar-refractivity contribution in [3.05, 3.63) is 46.1 Å². The van der Waals surface area contributed by atoms with E-state index in [9.17, 15) is 13.2 Å². The van der Waals surface area contributed by atoms with Crippen molar-refractivity contribution in [2.45, 2.75) is 62.7 Å². The number of hydrogen-bond acceptors (Lipinski definition) is 5. The Morgan fingerprint density at radius 3 is 2.58 bits per heavy atom. The van der Waals surface area contributed by atoms with Crippen LogP contribution in [0.25, 0.3) is 10.7 Å². The van der Waals surface area contributed by atoms with Gasteiger partial charge in [-0.3, -0.25) is 0 Å². The molecule has 0 bridgehead atoms. The van der Waals surface area contributed by atoms with Crippen LogP contribution in [-0.4, -0.2) is 25.5 Å². The SMILES string of the molecule is Cc1nc(C)c(-c2nnc(SCCCC3CC4CC4(c4ccc(C(F)(F)F)cc4)C3)n2C)s1. The Balaban J connectivity index is 1.13. The monoisotopic (exact) mass is 492 g/mol. The van der Waals surface area contributed by atoms with Crippen LogP contribution in [0, 0.1) is 25.7 Å². The molecule has 0 aliphatic heterocycles. The molecule has 1 aromatic carbocycles. The van der Waals surface area contributed by atoms with E-state index in [-0.39, 0.29) is 5.41 Å². The third kappa shape index (κ3) is 4.34. The minimum Gasteiger partial charge on any atom is -0.304 e. The molecule has 33 heavy (non-hydrogen) atoms. The molecule has 2 fully saturated rings. The van der Waals surface area contributed by atoms with Gasteiger partial charge in [0.25, 0.3) is 0 Å². The van der Waals surface area contributed by atoms with Gasteiger partial charge in [0, 0.05) is 12.8 Å². The van der Waals surface area contributed by atoms with Crippen molar-refractivity contribution < 1.29 is 13.2 Å². The van der Waals surface area contributed by atoms with Crippen molar-refractivity contribution in [2.24, 2.45) is 18.9 Å². The zero-order chi connectivity index (χ0) is 23.4. The molecule has 0 saturated heterocycles. The van der Waals surface area contributed by atoms with Crippen molar-refractivity contribution in [3.63, 3.8) is 0 Å². The number of nitrogens with zero attached hydrogens (tertiary/aromatic N) is 4. The van der Waals surface area contributed by atoms with Gasteiger partial charge in [-0.25, -0.2) is 4.98 Å². The molecule has 2 saturated carbocycles. The third-order valence-electron chi connectivity index (χ3n) is 7.22. The number of alkyl halides is 3. The first-order valence-corrected chi connectivity index (χ1v) is 13.1. The van der Waals surface area contributed by atoms with E-state index < -0.39 is 11.7 Å². The van der Waals surface area contributed by atoms with Gasteiger partial charge in [-0.1, -0.05) is 23.9 Å². The topological polar surface area (TPSA) is 43.6 Å². The average Bonchev–Trinajstić information content (AvgIpc) is 3.00. The average molecular weight is 493 g/mol. The van der Waals surface area contributed by atoms with E-state index in [4.69, 9.17) is 0 Å². The second kappa shape index (κ2) is 8.41. The maximum Gasteiger partial charge on any atom is 0.416 e. The molecular weight excluding hydrogens is 465 g/mol. The molecule has 0 radical (unpaired) electrons. The predicted octanol–water partition coefficient (Wildman–Crippen LogP) is 6.81. The van der Waals surface area contributed by atoms with Crippen molar-refractivity contribution in [2.75, 3.05) is 5.75 Å². The summed E-state index contributed by atoms with van der Waals surface area (Å²) in [4.78, 5) is 5.57. The summed E-state index contributed by atoms with van der Waals surface area (Å²) < 4.78 is 40.7. The molecule has 0 amide bonds. The van der Waals surface area contributed by atoms with Gasteiger partial charge in [0.15, 0.2) is 11.0 Å². The molecule has 2 aliphatic rings. The molecule has 2 aliphatic carbocycles. The van der Waals surface area contributed by atoms with E-state index in [1.807, 2.05) is 20.9 Å². The number of hydrogen-bond donors (Lipinski definition) is 0. The van der Waals surface area contributed by atoms with E-state index in [0.29, 0.717) is 11.8 Å². The van der Waals surface area contributed by atoms with Crippen LogP contribution < -0.4 is 0 Å². The molecule has 0 spiro atoms. The summed E-state index contributed by atoms with van der Waals surface area (Å²) >= 11 is 3.38. The van der Waals surface area contributed by atoms with Gasteiger partial charge in [-0.15, -0.1) is 21.5 Å². The first-order chi connectivity index (χ1) is 15.7. The second-order valence-corrected chi connectivity index (χ2v) is 11.7. The fraction of sp³-hybridized carbons (Fsp3) is 0.542. The molecule has 4 nitrogen and oxygen atoms in total. The van der Waals surface area contributed by atoms with Crippen molar-refractivity contribution >= 4 is 23.1 Å². The smallest absolute Gasteiger partial charge is 0.304 e. The molecule has 2 aromatic heterocycles. The van der Waals surface area contributed by atoms with Crippen LogP contribution in [0.3, 0.4) is 0 Å². The predicted molar refractivity (Wildman–Crippen MR) is 125 cm³/mol. The Hall–Kier alpha value is -1.87. The first-order valence-electron chi connectivity index (χ1n) is 11.3. The summed E-state index contributed by atoms with van der Waals surface area (Å²) in [6.07, 6.45) is 1.42. The highest BCUT2D eigenvalue weighted by atomic mass is 32.2. The van der Waals surface area contributed by atoms with Crippen LogP contribution in [0.5, 0.6) is 0 Å². The Labute approximate surface area is 200 Å². The van der Waals surface area contributed by atoms with Crippen molar-refractivity contribution in [1.29, 1.82) is 0 Å². The van der Waals surface area contributed by atoms with Gasteiger partial charge in [0.1, 0.15) is 0 Å². The molecule has 9 heteroatoms. The van der Waals surface area contributed by atoms with Gasteiger partial charge < -0.3 is 4.57 Å². The van der Waals surface area contributed by atoms with Crippen molar-refractivity contribution in [1.82, 2.24) is 19.7 Å². The highest BCUT2D eigenvalue weighted by Crippen LogP contribution is 2.66. The summed E-state index contributed by atoms with van der Waals surface area (Å²) in [5.41, 5.74) is 1.66. The maximum absolute atomic E-state index is 12.9. The first kappa shape index (κ1) is 22.9. The summed E-state index contributed by atoms with van der Waals surface area (Å²) in [6, 6.07) is 5.90. The lowest BCUT2D eigenvalue weighted by Gasteiger charge is -2.18. The zero-order valence-electron chi connectivity index (χ0n) is 18.9. The fourth-order valence-electron chi connectivity index (χ4n) is 5.54. The molecule has 3 unspecified atom stereocenters. The van der Waals surface area contributed by atoms with Crippen LogP contribution in [0.2, 0.25) is 0 Å². The van der Waals surface area contributed by atoms with Crippen LogP contribution in [-0.2, 0) is 18.6 Å². The van der Waals surface area contributed by atoms with E-state index >= 15 is 0 Å². The lowest BCUT2D eigenvalue weighted by molar-refractivity contribution is -0.137. The summed E-state index contributed by atoms with van der Waals surface area (Å²) in [6.45, 7) is 4.01. The van der Waals surface area contributed by atoms with Gasteiger partial charge in [-0.05, 0) is 80.9 Å². The Morgan fingerprint density at radius 2 is 1.91 bits per heavy atom. The molecule has 176 valence electrons. The molecular formula is C24H27F3N4S2. The number of thioether (sulfide) groups is 1. The molecule has 3 aromatic rings. The quantitative estimate of drug-likeness (QED) is 0.268. The van der Waals surface area contributed by atoms with Gasteiger partial charge in [0.05, 0.1) is 21.1 Å². The van der Waals surface area contributed by atoms with Gasteiger partial charge >= 0.3 is 6.18 Å². The lowest BCUT2D eigenvalue weighted by atomic mass is 9.88. The normalized spacial score (nSPS) is 24.3. The standard InChI is InChI=1S/C24H27F3N4S2/c1-14-20(33-15(2)28-14)21-29-30-22(31(21)3)32-10-4-5-16-11-19-13-23(19,12-16)17-6-8-18(9-7-17)24(25,26)27/h6-9,16,19H,4-5,10-13H2,1-3H3. The minimum atomic E-state index is -4.27. The number of aromatic nitrogens is 4. The number of benzene rings is 1. The highest BCUT2D eigenvalue weighted by Gasteiger charge is 2.60. The molecule has 3 atom stereocenters. The van der Waals surface area contributed by atoms with E-state index in [1.54, 1.807) is 35.2 Å². The Kier molecular flexibility index (Phi) is 5.84. The summed E-state index contributed by atoms with van der Waals surface area (Å²) in [7, 11) is 2.00. The maximum atomic E-state index is 12.9. The van der Waals surface area contributed by atoms with E-state index in [1.165, 1.54) is 18.6 Å². The van der Waals surface area contributed by atoms with Crippen LogP contribution in [0.1, 0.15) is 53.9 Å². The Bertz CT molecular complexity index is 1150. The highest BCUT2D eigenvalue weighted by molar-refractivity contribution is 7.99. The van der Waals surface area contributed by atoms with Crippen molar-refractivity contribution in [3.8, 4) is 10.7 Å². The molecule has 0 N–H and O–H groups in total. The summed E-state index contributed by atoms with van der Waals surface area (Å²) in [5.74, 6) is 3.15. The van der Waals surface area contributed by atoms with Gasteiger partial charge in [-0.2, -0.15) is 13.2 Å². The number of halogens is 3. The van der Waals surface area contributed by atoms with Crippen LogP contribution >= 0.6 is 23.1 Å². The number of aryl methyl sites for hydroxylation is 2. The number of fused-ring (bicyclic) bond motifs is 1. The Morgan fingerprint density at radius 1 is 1.15 bits per heavy atom. The largest absolute Gasteiger partial charge is 0.416 e. The summed E-state index contributed by atoms with van der Waals surface area (Å²) in [5, 5.41) is 10.7. The molecule has 2 heterocycles. The zero-order valence-corrected chi connectivity index (χ0v) is 20.6. The van der Waals surface area contributed by atoms with E-state index in [0.717, 1.165) is 63.6 Å². The van der Waals surface area contributed by atoms with Crippen LogP contribution in [0.15, 0.2) is 29.4 Å². The van der Waals surface area contributed by atoms with E-state index in [2.05, 4.69) is 19.7 Å². The molecule has 5 rings (SSSR count).